The molecule has 0 fully saturated rings. The van der Waals surface area contributed by atoms with Gasteiger partial charge in [0.05, 0.1) is 41.7 Å². The van der Waals surface area contributed by atoms with Crippen LogP contribution in [0.5, 0.6) is 5.75 Å². The molecule has 0 saturated carbocycles. The fourth-order valence-corrected chi connectivity index (χ4v) is 3.46. The Hall–Kier alpha value is -3.66. The van der Waals surface area contributed by atoms with E-state index in [0.29, 0.717) is 36.6 Å². The molecule has 0 radical (unpaired) electrons. The van der Waals surface area contributed by atoms with Crippen LogP contribution in [0.1, 0.15) is 53.6 Å². The van der Waals surface area contributed by atoms with Crippen LogP contribution in [0.4, 0.5) is 0 Å². The Morgan fingerprint density at radius 2 is 2.03 bits per heavy atom. The van der Waals surface area contributed by atoms with Crippen LogP contribution in [0, 0.1) is 23.7 Å². The van der Waals surface area contributed by atoms with Gasteiger partial charge in [-0.3, -0.25) is 9.78 Å². The van der Waals surface area contributed by atoms with Crippen LogP contribution in [0.15, 0.2) is 42.7 Å². The average molecular weight is 415 g/mol. The molecule has 1 amide bonds. The highest BCUT2D eigenvalue weighted by molar-refractivity contribution is 5.97. The minimum Gasteiger partial charge on any atom is -0.492 e. The lowest BCUT2D eigenvalue weighted by Gasteiger charge is -2.22. The molecule has 0 spiro atoms. The maximum absolute atomic E-state index is 13.3. The van der Waals surface area contributed by atoms with Crippen molar-refractivity contribution in [3.8, 4) is 17.5 Å². The fourth-order valence-electron chi connectivity index (χ4n) is 3.46. The zero-order chi connectivity index (χ0) is 22.2. The van der Waals surface area contributed by atoms with Crippen LogP contribution in [0.2, 0.25) is 0 Å². The van der Waals surface area contributed by atoms with Gasteiger partial charge in [-0.2, -0.15) is 10.4 Å². The highest BCUT2D eigenvalue weighted by Gasteiger charge is 2.29. The molecule has 7 nitrogen and oxygen atoms in total. The molecule has 0 saturated heterocycles. The van der Waals surface area contributed by atoms with Crippen molar-refractivity contribution in [2.45, 2.75) is 40.8 Å². The van der Waals surface area contributed by atoms with Gasteiger partial charge >= 0.3 is 0 Å². The van der Waals surface area contributed by atoms with Crippen LogP contribution < -0.4 is 4.74 Å². The van der Waals surface area contributed by atoms with E-state index in [4.69, 9.17) is 4.74 Å². The molecular formula is C24H25N5O2. The molecule has 1 aliphatic rings. The van der Waals surface area contributed by atoms with Crippen LogP contribution >= 0.6 is 0 Å². The number of benzene rings is 1. The number of nitriles is 1. The van der Waals surface area contributed by atoms with Crippen molar-refractivity contribution in [1.29, 1.82) is 5.26 Å². The Morgan fingerprint density at radius 3 is 2.71 bits per heavy atom. The van der Waals surface area contributed by atoms with Crippen molar-refractivity contribution in [2.75, 3.05) is 6.61 Å². The number of fused-ring (bicyclic) bond motifs is 1. The van der Waals surface area contributed by atoms with Gasteiger partial charge in [-0.15, -0.1) is 0 Å². The number of ether oxygens (including phenoxy) is 1. The lowest BCUT2D eigenvalue weighted by Crippen LogP contribution is -2.27. The molecular weight excluding hydrogens is 390 g/mol. The SMILES string of the molecule is Cc1cc(-n2cc3c(n2)CN(C(=O)c2cc(C#N)ccc2OCC(C)(C)C)C3)ccn1. The van der Waals surface area contributed by atoms with Crippen molar-refractivity contribution < 1.29 is 9.53 Å². The summed E-state index contributed by atoms with van der Waals surface area (Å²) in [6, 6.07) is 11.0. The smallest absolute Gasteiger partial charge is 0.258 e. The van der Waals surface area contributed by atoms with Crippen molar-refractivity contribution in [3.63, 3.8) is 0 Å². The predicted molar refractivity (Wildman–Crippen MR) is 116 cm³/mol. The summed E-state index contributed by atoms with van der Waals surface area (Å²) in [6.45, 7) is 9.50. The van der Waals surface area contributed by atoms with E-state index >= 15 is 0 Å². The molecule has 2 aromatic heterocycles. The van der Waals surface area contributed by atoms with Gasteiger partial charge in [0.1, 0.15) is 5.75 Å². The minimum absolute atomic E-state index is 0.0484. The Morgan fingerprint density at radius 1 is 1.23 bits per heavy atom. The van der Waals surface area contributed by atoms with Gasteiger partial charge in [0.15, 0.2) is 0 Å². The van der Waals surface area contributed by atoms with Gasteiger partial charge in [0.2, 0.25) is 0 Å². The second-order valence-electron chi connectivity index (χ2n) is 9.03. The minimum atomic E-state index is -0.162. The molecule has 3 aromatic rings. The number of rotatable bonds is 4. The summed E-state index contributed by atoms with van der Waals surface area (Å²) in [5.74, 6) is 0.339. The molecule has 1 aliphatic heterocycles. The Bertz CT molecular complexity index is 1160. The van der Waals surface area contributed by atoms with Crippen molar-refractivity contribution in [3.05, 3.63) is 70.8 Å². The number of hydrogen-bond acceptors (Lipinski definition) is 5. The summed E-state index contributed by atoms with van der Waals surface area (Å²) in [6.07, 6.45) is 3.72. The highest BCUT2D eigenvalue weighted by atomic mass is 16.5. The first-order valence-corrected chi connectivity index (χ1v) is 10.2. The Labute approximate surface area is 181 Å². The van der Waals surface area contributed by atoms with Gasteiger partial charge in [-0.25, -0.2) is 4.68 Å². The van der Waals surface area contributed by atoms with Gasteiger partial charge in [-0.05, 0) is 42.7 Å². The zero-order valence-corrected chi connectivity index (χ0v) is 18.2. The van der Waals surface area contributed by atoms with Crippen LogP contribution in [0.3, 0.4) is 0 Å². The first-order chi connectivity index (χ1) is 14.7. The van der Waals surface area contributed by atoms with Gasteiger partial charge in [0.25, 0.3) is 5.91 Å². The number of carbonyl (C=O) groups excluding carboxylic acids is 1. The van der Waals surface area contributed by atoms with Crippen molar-refractivity contribution >= 4 is 5.91 Å². The highest BCUT2D eigenvalue weighted by Crippen LogP contribution is 2.29. The van der Waals surface area contributed by atoms with E-state index in [-0.39, 0.29) is 11.3 Å². The van der Waals surface area contributed by atoms with E-state index in [1.807, 2.05) is 29.9 Å². The number of aryl methyl sites for hydroxylation is 1. The molecule has 0 unspecified atom stereocenters. The summed E-state index contributed by atoms with van der Waals surface area (Å²) < 4.78 is 7.77. The maximum Gasteiger partial charge on any atom is 0.258 e. The zero-order valence-electron chi connectivity index (χ0n) is 18.2. The summed E-state index contributed by atoms with van der Waals surface area (Å²) in [5.41, 5.74) is 4.54. The maximum atomic E-state index is 13.3. The Balaban J connectivity index is 1.56. The number of aromatic nitrogens is 3. The summed E-state index contributed by atoms with van der Waals surface area (Å²) >= 11 is 0. The van der Waals surface area contributed by atoms with Crippen molar-refractivity contribution in [2.24, 2.45) is 5.41 Å². The summed E-state index contributed by atoms with van der Waals surface area (Å²) in [5, 5.41) is 14.0. The molecule has 31 heavy (non-hydrogen) atoms. The quantitative estimate of drug-likeness (QED) is 0.642. The lowest BCUT2D eigenvalue weighted by atomic mass is 9.98. The van der Waals surface area contributed by atoms with E-state index in [1.54, 1.807) is 29.3 Å². The summed E-state index contributed by atoms with van der Waals surface area (Å²) in [4.78, 5) is 19.3. The Kier molecular flexibility index (Phi) is 5.24. The molecule has 4 rings (SSSR count). The second kappa shape index (κ2) is 7.88. The van der Waals surface area contributed by atoms with Gasteiger partial charge in [-0.1, -0.05) is 20.8 Å². The fraction of sp³-hybridized carbons (Fsp3) is 0.333. The topological polar surface area (TPSA) is 84.0 Å². The third-order valence-electron chi connectivity index (χ3n) is 5.01. The molecule has 1 aromatic carbocycles. The third kappa shape index (κ3) is 4.43. The molecule has 0 aliphatic carbocycles. The molecule has 3 heterocycles. The molecule has 0 bridgehead atoms. The number of carbonyl (C=O) groups is 1. The molecule has 0 N–H and O–H groups in total. The normalized spacial score (nSPS) is 13.1. The first kappa shape index (κ1) is 20.6. The monoisotopic (exact) mass is 415 g/mol. The van der Waals surface area contributed by atoms with Crippen LogP contribution in [-0.4, -0.2) is 32.2 Å². The number of hydrogen-bond donors (Lipinski definition) is 0. The first-order valence-electron chi connectivity index (χ1n) is 10.2. The van der Waals surface area contributed by atoms with E-state index in [0.717, 1.165) is 22.6 Å². The molecule has 7 heteroatoms. The number of amides is 1. The van der Waals surface area contributed by atoms with E-state index in [2.05, 4.69) is 36.9 Å². The van der Waals surface area contributed by atoms with Crippen LogP contribution in [-0.2, 0) is 13.1 Å². The summed E-state index contributed by atoms with van der Waals surface area (Å²) in [7, 11) is 0. The van der Waals surface area contributed by atoms with Gasteiger partial charge < -0.3 is 9.64 Å². The molecule has 0 atom stereocenters. The second-order valence-corrected chi connectivity index (χ2v) is 9.03. The van der Waals surface area contributed by atoms with E-state index < -0.39 is 0 Å². The largest absolute Gasteiger partial charge is 0.492 e. The molecule has 158 valence electrons. The van der Waals surface area contributed by atoms with E-state index in [9.17, 15) is 10.1 Å². The van der Waals surface area contributed by atoms with Gasteiger partial charge in [0, 0.05) is 30.2 Å². The predicted octanol–water partition coefficient (Wildman–Crippen LogP) is 4.03. The number of nitrogens with zero attached hydrogens (tertiary/aromatic N) is 5. The average Bonchev–Trinajstić information content (AvgIpc) is 3.30. The van der Waals surface area contributed by atoms with E-state index in [1.165, 1.54) is 0 Å². The number of pyridine rings is 1. The van der Waals surface area contributed by atoms with Crippen molar-refractivity contribution in [1.82, 2.24) is 19.7 Å². The third-order valence-corrected chi connectivity index (χ3v) is 5.01. The van der Waals surface area contributed by atoms with Crippen LogP contribution in [0.25, 0.3) is 5.69 Å². The standard InChI is InChI=1S/C24H25N5O2/c1-16-9-19(7-8-26-16)29-13-18-12-28(14-21(18)27-29)23(30)20-10-17(11-25)5-6-22(20)31-15-24(2,3)4/h5-10,13H,12,14-15H2,1-4H3. The lowest BCUT2D eigenvalue weighted by molar-refractivity contribution is 0.0742.